The van der Waals surface area contributed by atoms with Gasteiger partial charge in [0.15, 0.2) is 0 Å². The topological polar surface area (TPSA) is 12.4 Å². The molecule has 1 aliphatic heterocycles. The van der Waals surface area contributed by atoms with E-state index in [2.05, 4.69) is 18.5 Å². The summed E-state index contributed by atoms with van der Waals surface area (Å²) in [5, 5.41) is 0. The number of hydrogen-bond donors (Lipinski definition) is 0. The maximum absolute atomic E-state index is 4.24. The molecule has 44 valence electrons. The molecule has 0 atom stereocenters. The molecular formula is C7H11N. The quantitative estimate of drug-likeness (QED) is 0.420. The summed E-state index contributed by atoms with van der Waals surface area (Å²) in [6.07, 6.45) is 2.12. The second-order valence-corrected chi connectivity index (χ2v) is 2.29. The largest absolute Gasteiger partial charge is 0.294 e. The van der Waals surface area contributed by atoms with Gasteiger partial charge < -0.3 is 0 Å². The monoisotopic (exact) mass is 109 g/mol. The Hall–Kier alpha value is -0.590. The van der Waals surface area contributed by atoms with Crippen LogP contribution in [0.15, 0.2) is 17.1 Å². The second kappa shape index (κ2) is 2.12. The highest BCUT2D eigenvalue weighted by Gasteiger charge is 2.01. The van der Waals surface area contributed by atoms with Gasteiger partial charge in [-0.3, -0.25) is 4.99 Å². The van der Waals surface area contributed by atoms with E-state index in [9.17, 15) is 0 Å². The maximum atomic E-state index is 4.24. The molecule has 0 N–H and O–H groups in total. The smallest absolute Gasteiger partial charge is 0.0425 e. The first-order chi connectivity index (χ1) is 3.79. The molecule has 0 saturated carbocycles. The molecule has 0 aromatic rings. The van der Waals surface area contributed by atoms with Crippen LogP contribution in [0.4, 0.5) is 0 Å². The molecule has 0 spiro atoms. The average Bonchev–Trinajstić information content (AvgIpc) is 1.64. The lowest BCUT2D eigenvalue weighted by Crippen LogP contribution is -2.02. The van der Waals surface area contributed by atoms with Gasteiger partial charge in [0.1, 0.15) is 0 Å². The highest BCUT2D eigenvalue weighted by molar-refractivity contribution is 5.84. The standard InChI is InChI=1S/C7H11N/c1-6-3-4-8-7(2)5-6/h1,3-5H2,2H3. The number of nitrogens with zero attached hydrogens (tertiary/aromatic N) is 1. The van der Waals surface area contributed by atoms with Crippen molar-refractivity contribution in [1.82, 2.24) is 0 Å². The lowest BCUT2D eigenvalue weighted by Gasteiger charge is -2.09. The van der Waals surface area contributed by atoms with Crippen LogP contribution in [-0.2, 0) is 0 Å². The SMILES string of the molecule is C=C1CCN=C(C)C1. The Morgan fingerprint density at radius 3 is 2.75 bits per heavy atom. The van der Waals surface area contributed by atoms with E-state index in [1.165, 1.54) is 11.3 Å². The lowest BCUT2D eigenvalue weighted by molar-refractivity contribution is 0.890. The number of hydrogen-bond acceptors (Lipinski definition) is 1. The van der Waals surface area contributed by atoms with Gasteiger partial charge in [-0.15, -0.1) is 0 Å². The number of rotatable bonds is 0. The first kappa shape index (κ1) is 5.54. The third-order valence-corrected chi connectivity index (χ3v) is 1.35. The molecule has 0 aromatic carbocycles. The number of aliphatic imine (C=N–C) groups is 1. The van der Waals surface area contributed by atoms with Crippen molar-refractivity contribution in [2.45, 2.75) is 19.8 Å². The Labute approximate surface area is 50.1 Å². The summed E-state index contributed by atoms with van der Waals surface area (Å²) in [5.74, 6) is 0. The third-order valence-electron chi connectivity index (χ3n) is 1.35. The van der Waals surface area contributed by atoms with Crippen LogP contribution < -0.4 is 0 Å². The van der Waals surface area contributed by atoms with E-state index in [0.717, 1.165) is 19.4 Å². The van der Waals surface area contributed by atoms with Crippen LogP contribution >= 0.6 is 0 Å². The first-order valence-electron chi connectivity index (χ1n) is 2.95. The van der Waals surface area contributed by atoms with Crippen molar-refractivity contribution >= 4 is 5.71 Å². The van der Waals surface area contributed by atoms with Gasteiger partial charge in [0.05, 0.1) is 0 Å². The van der Waals surface area contributed by atoms with Crippen molar-refractivity contribution in [3.63, 3.8) is 0 Å². The minimum atomic E-state index is 0.963. The molecule has 0 fully saturated rings. The van der Waals surface area contributed by atoms with E-state index in [4.69, 9.17) is 0 Å². The maximum Gasteiger partial charge on any atom is 0.0425 e. The Balaban J connectivity index is 2.57. The van der Waals surface area contributed by atoms with E-state index in [1.54, 1.807) is 0 Å². The Morgan fingerprint density at radius 1 is 1.62 bits per heavy atom. The van der Waals surface area contributed by atoms with Crippen molar-refractivity contribution in [1.29, 1.82) is 0 Å². The van der Waals surface area contributed by atoms with E-state index in [0.29, 0.717) is 0 Å². The fourth-order valence-electron chi connectivity index (χ4n) is 0.911. The summed E-state index contributed by atoms with van der Waals surface area (Å²) in [5.41, 5.74) is 2.57. The van der Waals surface area contributed by atoms with Gasteiger partial charge in [-0.25, -0.2) is 0 Å². The normalized spacial score (nSPS) is 20.6. The molecule has 0 saturated heterocycles. The predicted molar refractivity (Wildman–Crippen MR) is 36.4 cm³/mol. The van der Waals surface area contributed by atoms with Crippen molar-refractivity contribution in [3.8, 4) is 0 Å². The second-order valence-electron chi connectivity index (χ2n) is 2.29. The Kier molecular flexibility index (Phi) is 1.47. The molecule has 1 rings (SSSR count). The molecule has 0 radical (unpaired) electrons. The van der Waals surface area contributed by atoms with E-state index in [-0.39, 0.29) is 0 Å². The fourth-order valence-corrected chi connectivity index (χ4v) is 0.911. The predicted octanol–water partition coefficient (Wildman–Crippen LogP) is 1.80. The van der Waals surface area contributed by atoms with Crippen LogP contribution in [0.2, 0.25) is 0 Å². The zero-order valence-electron chi connectivity index (χ0n) is 5.28. The third kappa shape index (κ3) is 1.19. The van der Waals surface area contributed by atoms with Gasteiger partial charge in [0, 0.05) is 18.7 Å². The van der Waals surface area contributed by atoms with Crippen LogP contribution in [0.1, 0.15) is 19.8 Å². The highest BCUT2D eigenvalue weighted by Crippen LogP contribution is 2.10. The summed E-state index contributed by atoms with van der Waals surface area (Å²) in [4.78, 5) is 4.24. The van der Waals surface area contributed by atoms with Gasteiger partial charge in [-0.05, 0) is 13.3 Å². The van der Waals surface area contributed by atoms with Gasteiger partial charge in [-0.2, -0.15) is 0 Å². The van der Waals surface area contributed by atoms with Crippen LogP contribution in [0.5, 0.6) is 0 Å². The molecule has 0 amide bonds. The summed E-state index contributed by atoms with van der Waals surface area (Å²) in [7, 11) is 0. The van der Waals surface area contributed by atoms with E-state index in [1.807, 2.05) is 0 Å². The minimum absolute atomic E-state index is 0.963. The summed E-state index contributed by atoms with van der Waals surface area (Å²) >= 11 is 0. The van der Waals surface area contributed by atoms with E-state index >= 15 is 0 Å². The van der Waals surface area contributed by atoms with Gasteiger partial charge in [-0.1, -0.05) is 12.2 Å². The molecule has 1 heterocycles. The molecule has 1 heteroatoms. The van der Waals surface area contributed by atoms with Crippen LogP contribution in [0.3, 0.4) is 0 Å². The average molecular weight is 109 g/mol. The van der Waals surface area contributed by atoms with Crippen molar-refractivity contribution in [3.05, 3.63) is 12.2 Å². The highest BCUT2D eigenvalue weighted by atomic mass is 14.7. The summed E-state index contributed by atoms with van der Waals surface area (Å²) in [6, 6.07) is 0. The van der Waals surface area contributed by atoms with Crippen molar-refractivity contribution < 1.29 is 0 Å². The zero-order chi connectivity index (χ0) is 5.98. The van der Waals surface area contributed by atoms with Crippen LogP contribution in [-0.4, -0.2) is 12.3 Å². The zero-order valence-corrected chi connectivity index (χ0v) is 5.28. The van der Waals surface area contributed by atoms with Crippen molar-refractivity contribution in [2.24, 2.45) is 4.99 Å². The molecule has 0 unspecified atom stereocenters. The minimum Gasteiger partial charge on any atom is -0.294 e. The van der Waals surface area contributed by atoms with Crippen LogP contribution in [0, 0.1) is 0 Å². The van der Waals surface area contributed by atoms with Gasteiger partial charge in [0.25, 0.3) is 0 Å². The fraction of sp³-hybridized carbons (Fsp3) is 0.571. The molecule has 1 aliphatic rings. The first-order valence-corrected chi connectivity index (χ1v) is 2.95. The molecule has 1 nitrogen and oxygen atoms in total. The molecule has 8 heavy (non-hydrogen) atoms. The summed E-state index contributed by atoms with van der Waals surface area (Å²) < 4.78 is 0. The molecular weight excluding hydrogens is 98.1 g/mol. The van der Waals surface area contributed by atoms with Gasteiger partial charge in [0.2, 0.25) is 0 Å². The Morgan fingerprint density at radius 2 is 2.38 bits per heavy atom. The lowest BCUT2D eigenvalue weighted by atomic mass is 10.1. The molecule has 0 bridgehead atoms. The molecule has 0 aliphatic carbocycles. The molecule has 0 aromatic heterocycles. The Bertz CT molecular complexity index is 133. The summed E-state index contributed by atoms with van der Waals surface area (Å²) in [6.45, 7) is 6.91. The van der Waals surface area contributed by atoms with Crippen LogP contribution in [0.25, 0.3) is 0 Å². The van der Waals surface area contributed by atoms with Gasteiger partial charge >= 0.3 is 0 Å². The van der Waals surface area contributed by atoms with E-state index < -0.39 is 0 Å². The van der Waals surface area contributed by atoms with Crippen molar-refractivity contribution in [2.75, 3.05) is 6.54 Å².